The summed E-state index contributed by atoms with van der Waals surface area (Å²) >= 11 is 0. The zero-order valence-electron chi connectivity index (χ0n) is 17.2. The Morgan fingerprint density at radius 2 is 1.90 bits per heavy atom. The van der Waals surface area contributed by atoms with Crippen LogP contribution < -0.4 is 0 Å². The van der Waals surface area contributed by atoms with Crippen LogP contribution in [0, 0.1) is 5.82 Å². The lowest BCUT2D eigenvalue weighted by Gasteiger charge is -2.37. The Hall–Kier alpha value is -2.99. The van der Waals surface area contributed by atoms with Gasteiger partial charge in [-0.1, -0.05) is 48.5 Å². The van der Waals surface area contributed by atoms with E-state index in [0.29, 0.717) is 24.2 Å². The minimum atomic E-state index is -0.171. The van der Waals surface area contributed by atoms with Gasteiger partial charge in [-0.05, 0) is 31.0 Å². The van der Waals surface area contributed by atoms with Crippen molar-refractivity contribution >= 4 is 5.91 Å². The highest BCUT2D eigenvalue weighted by molar-refractivity contribution is 5.93. The first-order valence-corrected chi connectivity index (χ1v) is 10.4. The van der Waals surface area contributed by atoms with Gasteiger partial charge in [0.1, 0.15) is 5.82 Å². The first-order valence-electron chi connectivity index (χ1n) is 10.4. The summed E-state index contributed by atoms with van der Waals surface area (Å²) in [5.74, 6) is -0.193. The van der Waals surface area contributed by atoms with Crippen LogP contribution in [0.3, 0.4) is 0 Å². The first-order chi connectivity index (χ1) is 14.6. The van der Waals surface area contributed by atoms with E-state index in [9.17, 15) is 9.18 Å². The molecular weight excluding hydrogens is 379 g/mol. The van der Waals surface area contributed by atoms with Crippen LogP contribution in [-0.4, -0.2) is 51.7 Å². The SMILES string of the molecule is CN(C(=O)c1cnn(Cc2ccccc2)c1)C1CCCN(Cc2ccccc2F)C1. The molecule has 4 rings (SSSR count). The summed E-state index contributed by atoms with van der Waals surface area (Å²) in [5.41, 5.74) is 2.44. The van der Waals surface area contributed by atoms with Crippen LogP contribution in [0.5, 0.6) is 0 Å². The zero-order chi connectivity index (χ0) is 20.9. The zero-order valence-corrected chi connectivity index (χ0v) is 17.2. The number of benzene rings is 2. The molecule has 6 heteroatoms. The summed E-state index contributed by atoms with van der Waals surface area (Å²) in [6.07, 6.45) is 5.39. The Kier molecular flexibility index (Phi) is 6.23. The average molecular weight is 407 g/mol. The van der Waals surface area contributed by atoms with E-state index >= 15 is 0 Å². The van der Waals surface area contributed by atoms with Crippen molar-refractivity contribution in [2.75, 3.05) is 20.1 Å². The molecule has 1 amide bonds. The number of halogens is 1. The molecular formula is C24H27FN4O. The van der Waals surface area contributed by atoms with Crippen molar-refractivity contribution in [3.63, 3.8) is 0 Å². The fraction of sp³-hybridized carbons (Fsp3) is 0.333. The van der Waals surface area contributed by atoms with Gasteiger partial charge < -0.3 is 4.90 Å². The van der Waals surface area contributed by atoms with Crippen LogP contribution in [0.4, 0.5) is 4.39 Å². The molecule has 1 aromatic heterocycles. The van der Waals surface area contributed by atoms with E-state index in [0.717, 1.165) is 31.5 Å². The van der Waals surface area contributed by atoms with Gasteiger partial charge in [-0.3, -0.25) is 14.4 Å². The van der Waals surface area contributed by atoms with Crippen LogP contribution in [0.15, 0.2) is 67.0 Å². The standard InChI is InChI=1S/C24H27FN4O/c1-27(22-11-7-13-28(18-22)16-20-10-5-6-12-23(20)25)24(30)21-14-26-29(17-21)15-19-8-3-2-4-9-19/h2-6,8-10,12,14,17,22H,7,11,13,15-16,18H2,1H3. The number of likely N-dealkylation sites (N-methyl/N-ethyl adjacent to an activating group) is 1. The van der Waals surface area contributed by atoms with Crippen molar-refractivity contribution in [2.24, 2.45) is 0 Å². The Balaban J connectivity index is 1.38. The normalized spacial score (nSPS) is 17.1. The molecule has 0 spiro atoms. The van der Waals surface area contributed by atoms with E-state index < -0.39 is 0 Å². The number of rotatable bonds is 6. The van der Waals surface area contributed by atoms with Crippen molar-refractivity contribution in [1.82, 2.24) is 19.6 Å². The quantitative estimate of drug-likeness (QED) is 0.625. The molecule has 1 aliphatic heterocycles. The number of aromatic nitrogens is 2. The summed E-state index contributed by atoms with van der Waals surface area (Å²) in [6, 6.07) is 17.1. The van der Waals surface area contributed by atoms with Crippen molar-refractivity contribution in [2.45, 2.75) is 32.0 Å². The molecule has 2 aromatic carbocycles. The minimum Gasteiger partial charge on any atom is -0.337 e. The molecule has 156 valence electrons. The second kappa shape index (κ2) is 9.22. The maximum atomic E-state index is 14.0. The van der Waals surface area contributed by atoms with Crippen molar-refractivity contribution in [1.29, 1.82) is 0 Å². The molecule has 1 unspecified atom stereocenters. The number of hydrogen-bond donors (Lipinski definition) is 0. The summed E-state index contributed by atoms with van der Waals surface area (Å²) in [6.45, 7) is 2.87. The molecule has 5 nitrogen and oxygen atoms in total. The largest absolute Gasteiger partial charge is 0.337 e. The van der Waals surface area contributed by atoms with Crippen molar-refractivity contribution in [3.8, 4) is 0 Å². The predicted octanol–water partition coefficient (Wildman–Crippen LogP) is 3.81. The van der Waals surface area contributed by atoms with Gasteiger partial charge in [-0.2, -0.15) is 5.10 Å². The lowest BCUT2D eigenvalue weighted by molar-refractivity contribution is 0.0607. The third kappa shape index (κ3) is 4.76. The van der Waals surface area contributed by atoms with Crippen LogP contribution >= 0.6 is 0 Å². The van der Waals surface area contributed by atoms with Gasteiger partial charge in [0.2, 0.25) is 0 Å². The first kappa shape index (κ1) is 20.3. The predicted molar refractivity (Wildman–Crippen MR) is 115 cm³/mol. The maximum absolute atomic E-state index is 14.0. The summed E-state index contributed by atoms with van der Waals surface area (Å²) in [5, 5.41) is 4.36. The van der Waals surface area contributed by atoms with Crippen molar-refractivity contribution in [3.05, 3.63) is 89.5 Å². The van der Waals surface area contributed by atoms with Gasteiger partial charge in [0.15, 0.2) is 0 Å². The van der Waals surface area contributed by atoms with Gasteiger partial charge in [0, 0.05) is 37.9 Å². The highest BCUT2D eigenvalue weighted by atomic mass is 19.1. The van der Waals surface area contributed by atoms with Crippen LogP contribution in [0.1, 0.15) is 34.3 Å². The molecule has 1 atom stereocenters. The van der Waals surface area contributed by atoms with Crippen molar-refractivity contribution < 1.29 is 9.18 Å². The van der Waals surface area contributed by atoms with E-state index in [-0.39, 0.29) is 17.8 Å². The molecule has 0 radical (unpaired) electrons. The van der Waals surface area contributed by atoms with E-state index in [1.807, 2.05) is 60.6 Å². The monoisotopic (exact) mass is 406 g/mol. The molecule has 0 bridgehead atoms. The molecule has 1 aliphatic rings. The van der Waals surface area contributed by atoms with Gasteiger partial charge in [0.25, 0.3) is 5.91 Å². The molecule has 2 heterocycles. The van der Waals surface area contributed by atoms with Crippen LogP contribution in [0.25, 0.3) is 0 Å². The smallest absolute Gasteiger partial charge is 0.257 e. The van der Waals surface area contributed by atoms with E-state index in [4.69, 9.17) is 0 Å². The van der Waals surface area contributed by atoms with Gasteiger partial charge >= 0.3 is 0 Å². The third-order valence-corrected chi connectivity index (χ3v) is 5.77. The third-order valence-electron chi connectivity index (χ3n) is 5.77. The lowest BCUT2D eigenvalue weighted by atomic mass is 10.0. The molecule has 3 aromatic rings. The number of hydrogen-bond acceptors (Lipinski definition) is 3. The topological polar surface area (TPSA) is 41.4 Å². The minimum absolute atomic E-state index is 0.0212. The molecule has 1 saturated heterocycles. The summed E-state index contributed by atoms with van der Waals surface area (Å²) in [7, 11) is 1.86. The number of amides is 1. The maximum Gasteiger partial charge on any atom is 0.257 e. The average Bonchev–Trinajstić information content (AvgIpc) is 3.24. The van der Waals surface area contributed by atoms with Gasteiger partial charge in [0.05, 0.1) is 18.3 Å². The number of likely N-dealkylation sites (tertiary alicyclic amines) is 1. The molecule has 0 aliphatic carbocycles. The number of nitrogens with zero attached hydrogens (tertiary/aromatic N) is 4. The number of carbonyl (C=O) groups excluding carboxylic acids is 1. The Bertz CT molecular complexity index is 988. The highest BCUT2D eigenvalue weighted by Gasteiger charge is 2.27. The summed E-state index contributed by atoms with van der Waals surface area (Å²) < 4.78 is 15.8. The van der Waals surface area contributed by atoms with E-state index in [1.54, 1.807) is 16.9 Å². The Morgan fingerprint density at radius 1 is 1.13 bits per heavy atom. The van der Waals surface area contributed by atoms with E-state index in [1.165, 1.54) is 6.07 Å². The second-order valence-electron chi connectivity index (χ2n) is 7.95. The fourth-order valence-electron chi connectivity index (χ4n) is 4.06. The highest BCUT2D eigenvalue weighted by Crippen LogP contribution is 2.20. The van der Waals surface area contributed by atoms with Crippen LogP contribution in [-0.2, 0) is 13.1 Å². The number of carbonyl (C=O) groups is 1. The summed E-state index contributed by atoms with van der Waals surface area (Å²) in [4.78, 5) is 17.1. The van der Waals surface area contributed by atoms with Crippen LogP contribution in [0.2, 0.25) is 0 Å². The second-order valence-corrected chi connectivity index (χ2v) is 7.95. The molecule has 0 N–H and O–H groups in total. The van der Waals surface area contributed by atoms with Gasteiger partial charge in [-0.25, -0.2) is 4.39 Å². The Morgan fingerprint density at radius 3 is 2.70 bits per heavy atom. The molecule has 1 fully saturated rings. The lowest BCUT2D eigenvalue weighted by Crippen LogP contribution is -2.48. The Labute approximate surface area is 176 Å². The van der Waals surface area contributed by atoms with Gasteiger partial charge in [-0.15, -0.1) is 0 Å². The molecule has 0 saturated carbocycles. The number of piperidine rings is 1. The van der Waals surface area contributed by atoms with E-state index in [2.05, 4.69) is 10.00 Å². The fourth-order valence-corrected chi connectivity index (χ4v) is 4.06. The molecule has 30 heavy (non-hydrogen) atoms.